The lowest BCUT2D eigenvalue weighted by Gasteiger charge is -2.14. The van der Waals surface area contributed by atoms with Crippen LogP contribution < -0.4 is 15.4 Å². The molecule has 1 aromatic carbocycles. The molecule has 5 N–H and O–H groups in total. The third kappa shape index (κ3) is 8.06. The van der Waals surface area contributed by atoms with E-state index in [4.69, 9.17) is 21.7 Å². The van der Waals surface area contributed by atoms with Crippen molar-refractivity contribution in [1.29, 1.82) is 0 Å². The summed E-state index contributed by atoms with van der Waals surface area (Å²) in [6.45, 7) is 11.7. The molecule has 0 fully saturated rings. The maximum absolute atomic E-state index is 12.6. The average molecular weight is 564 g/mol. The Balaban J connectivity index is 2.03. The van der Waals surface area contributed by atoms with Crippen LogP contribution >= 0.6 is 11.6 Å². The summed E-state index contributed by atoms with van der Waals surface area (Å²) >= 11 is 6.41. The monoisotopic (exact) mass is 563 g/mol. The zero-order chi connectivity index (χ0) is 28.3. The number of halogens is 1. The molecule has 0 aliphatic carbocycles. The number of carboxylic acid groups (broad SMARTS) is 1. The Kier molecular flexibility index (Phi) is 8.88. The van der Waals surface area contributed by atoms with Crippen molar-refractivity contribution in [2.75, 3.05) is 22.3 Å². The van der Waals surface area contributed by atoms with Gasteiger partial charge in [0, 0.05) is 34.8 Å². The van der Waals surface area contributed by atoms with Crippen molar-refractivity contribution in [3.05, 3.63) is 41.3 Å². The summed E-state index contributed by atoms with van der Waals surface area (Å²) < 4.78 is 27.7. The van der Waals surface area contributed by atoms with Crippen molar-refractivity contribution in [3.63, 3.8) is 0 Å². The Morgan fingerprint density at radius 1 is 1.16 bits per heavy atom. The lowest BCUT2D eigenvalue weighted by atomic mass is 9.96. The summed E-state index contributed by atoms with van der Waals surface area (Å²) in [4.78, 5) is 27.9. The number of imidazole rings is 1. The van der Waals surface area contributed by atoms with Crippen molar-refractivity contribution in [3.8, 4) is 22.6 Å². The second-order valence-corrected chi connectivity index (χ2v) is 12.8. The molecule has 13 heteroatoms. The van der Waals surface area contributed by atoms with Gasteiger partial charge in [0.1, 0.15) is 5.82 Å². The Labute approximate surface area is 227 Å². The van der Waals surface area contributed by atoms with E-state index in [0.717, 1.165) is 0 Å². The second-order valence-electron chi connectivity index (χ2n) is 10.6. The fourth-order valence-corrected chi connectivity index (χ4v) is 5.33. The number of anilines is 2. The van der Waals surface area contributed by atoms with Crippen LogP contribution in [0.25, 0.3) is 22.6 Å². The zero-order valence-corrected chi connectivity index (χ0v) is 23.8. The molecule has 1 atom stereocenters. The fourth-order valence-electron chi connectivity index (χ4n) is 3.66. The first-order valence-electron chi connectivity index (χ1n) is 12.1. The molecule has 2 heterocycles. The van der Waals surface area contributed by atoms with E-state index in [-0.39, 0.29) is 29.7 Å². The topological polar surface area (TPSA) is 162 Å². The molecule has 2 aromatic heterocycles. The molecule has 1 amide bonds. The number of aromatic amines is 1. The minimum atomic E-state index is -3.56. The molecule has 0 bridgehead atoms. The smallest absolute Gasteiger partial charge is 0.404 e. The number of nitrogens with zero attached hydrogens (tertiary/aromatic N) is 3. The number of sulfonamides is 1. The summed E-state index contributed by atoms with van der Waals surface area (Å²) in [5.41, 5.74) is 2.32. The zero-order valence-electron chi connectivity index (χ0n) is 22.3. The van der Waals surface area contributed by atoms with Gasteiger partial charge in [0.05, 0.1) is 28.5 Å². The van der Waals surface area contributed by atoms with E-state index in [1.807, 2.05) is 34.6 Å². The predicted octanol–water partition coefficient (Wildman–Crippen LogP) is 4.95. The second kappa shape index (κ2) is 11.6. The third-order valence-corrected chi connectivity index (χ3v) is 7.13. The maximum atomic E-state index is 12.6. The molecular formula is C25H34ClN7O4S. The highest BCUT2D eigenvalue weighted by molar-refractivity contribution is 7.92. The van der Waals surface area contributed by atoms with Gasteiger partial charge in [0.2, 0.25) is 16.0 Å². The van der Waals surface area contributed by atoms with Crippen molar-refractivity contribution in [2.24, 2.45) is 5.92 Å². The molecule has 0 aliphatic heterocycles. The molecule has 0 aliphatic rings. The molecule has 206 valence electrons. The molecular weight excluding hydrogens is 530 g/mol. The van der Waals surface area contributed by atoms with E-state index in [1.54, 1.807) is 37.4 Å². The van der Waals surface area contributed by atoms with E-state index >= 15 is 0 Å². The largest absolute Gasteiger partial charge is 0.465 e. The summed E-state index contributed by atoms with van der Waals surface area (Å²) in [6.07, 6.45) is 0.475. The van der Waals surface area contributed by atoms with Crippen molar-refractivity contribution < 1.29 is 18.3 Å². The number of nitrogens with one attached hydrogen (secondary N) is 4. The third-order valence-electron chi connectivity index (χ3n) is 5.26. The number of rotatable bonds is 10. The number of H-pyrrole nitrogens is 1. The van der Waals surface area contributed by atoms with E-state index in [2.05, 4.69) is 30.3 Å². The Bertz CT molecular complexity index is 1400. The lowest BCUT2D eigenvalue weighted by molar-refractivity contribution is 0.191. The Hall–Kier alpha value is -3.38. The normalized spacial score (nSPS) is 12.8. The molecule has 11 nitrogen and oxygen atoms in total. The van der Waals surface area contributed by atoms with Gasteiger partial charge in [-0.2, -0.15) is 0 Å². The van der Waals surface area contributed by atoms with E-state index < -0.39 is 16.1 Å². The van der Waals surface area contributed by atoms with Gasteiger partial charge in [-0.25, -0.2) is 28.2 Å². The van der Waals surface area contributed by atoms with Crippen LogP contribution in [0.15, 0.2) is 30.5 Å². The fraction of sp³-hybridized carbons (Fsp3) is 0.440. The Morgan fingerprint density at radius 2 is 1.87 bits per heavy atom. The van der Waals surface area contributed by atoms with Gasteiger partial charge in [-0.05, 0) is 37.1 Å². The molecule has 1 unspecified atom stereocenters. The van der Waals surface area contributed by atoms with Crippen molar-refractivity contribution in [1.82, 2.24) is 25.3 Å². The van der Waals surface area contributed by atoms with Gasteiger partial charge in [0.25, 0.3) is 0 Å². The average Bonchev–Trinajstić information content (AvgIpc) is 3.22. The van der Waals surface area contributed by atoms with Crippen LogP contribution in [0, 0.1) is 5.92 Å². The maximum Gasteiger partial charge on any atom is 0.404 e. The van der Waals surface area contributed by atoms with E-state index in [0.29, 0.717) is 45.1 Å². The van der Waals surface area contributed by atoms with Crippen LogP contribution in [0.3, 0.4) is 0 Å². The first-order valence-corrected chi connectivity index (χ1v) is 14.1. The van der Waals surface area contributed by atoms with Crippen LogP contribution in [-0.2, 0) is 15.4 Å². The van der Waals surface area contributed by atoms with Crippen LogP contribution in [0.5, 0.6) is 0 Å². The number of benzene rings is 1. The minimum absolute atomic E-state index is 0.0199. The summed E-state index contributed by atoms with van der Waals surface area (Å²) in [5.74, 6) is 0.958. The number of carbonyl (C=O) groups is 1. The van der Waals surface area contributed by atoms with Crippen molar-refractivity contribution in [2.45, 2.75) is 53.0 Å². The summed E-state index contributed by atoms with van der Waals surface area (Å²) in [5, 5.41) is 14.6. The predicted molar refractivity (Wildman–Crippen MR) is 150 cm³/mol. The van der Waals surface area contributed by atoms with Crippen LogP contribution in [0.1, 0.15) is 47.4 Å². The molecule has 0 spiro atoms. The number of hydrogen-bond acceptors (Lipinski definition) is 7. The van der Waals surface area contributed by atoms with Crippen molar-refractivity contribution >= 4 is 39.4 Å². The van der Waals surface area contributed by atoms with Crippen LogP contribution in [0.4, 0.5) is 16.4 Å². The van der Waals surface area contributed by atoms with Gasteiger partial charge in [-0.3, -0.25) is 4.72 Å². The Morgan fingerprint density at radius 3 is 2.50 bits per heavy atom. The van der Waals surface area contributed by atoms with Crippen LogP contribution in [0.2, 0.25) is 5.02 Å². The first kappa shape index (κ1) is 29.2. The van der Waals surface area contributed by atoms with Gasteiger partial charge < -0.3 is 20.7 Å². The highest BCUT2D eigenvalue weighted by Gasteiger charge is 2.24. The quantitative estimate of drug-likeness (QED) is 0.231. The molecule has 38 heavy (non-hydrogen) atoms. The molecule has 3 aromatic rings. The molecule has 0 saturated carbocycles. The lowest BCUT2D eigenvalue weighted by Crippen LogP contribution is -2.36. The number of aromatic nitrogens is 4. The van der Waals surface area contributed by atoms with Gasteiger partial charge in [-0.15, -0.1) is 0 Å². The van der Waals surface area contributed by atoms with Gasteiger partial charge in [-0.1, -0.05) is 46.2 Å². The SMILES string of the molecule is CC(C)CS(=O)(=O)Nc1cc(Cl)cc(-c2nc(C(C)(C)C)[nH]c2-c2ccnc(NCC(C)NC(=O)O)n2)c1. The summed E-state index contributed by atoms with van der Waals surface area (Å²) in [6, 6.07) is 6.33. The standard InChI is InChI=1S/C25H34ClN7O4S/c1-14(2)13-38(36,37)33-18-10-16(9-17(26)11-18)20-21(32-22(31-20)25(4,5)6)19-7-8-27-23(30-19)28-12-15(3)29-24(34)35/h7-11,14-15,29,33H,12-13H2,1-6H3,(H,31,32)(H,34,35)(H,27,28,30). The summed E-state index contributed by atoms with van der Waals surface area (Å²) in [7, 11) is -3.56. The highest BCUT2D eigenvalue weighted by Crippen LogP contribution is 2.35. The highest BCUT2D eigenvalue weighted by atomic mass is 35.5. The van der Waals surface area contributed by atoms with Gasteiger partial charge >= 0.3 is 6.09 Å². The van der Waals surface area contributed by atoms with E-state index in [1.165, 1.54) is 0 Å². The molecule has 0 saturated heterocycles. The molecule has 3 rings (SSSR count). The van der Waals surface area contributed by atoms with E-state index in [9.17, 15) is 13.2 Å². The number of hydrogen-bond donors (Lipinski definition) is 5. The first-order chi connectivity index (χ1) is 17.6. The van der Waals surface area contributed by atoms with Crippen LogP contribution in [-0.4, -0.2) is 57.9 Å². The molecule has 0 radical (unpaired) electrons. The number of amides is 1. The minimum Gasteiger partial charge on any atom is -0.465 e. The van der Waals surface area contributed by atoms with Gasteiger partial charge in [0.15, 0.2) is 0 Å².